The van der Waals surface area contributed by atoms with Gasteiger partial charge in [-0.2, -0.15) is 13.2 Å². The molecule has 0 aromatic heterocycles. The van der Waals surface area contributed by atoms with Crippen molar-refractivity contribution in [2.75, 3.05) is 6.61 Å². The molecule has 0 amide bonds. The van der Waals surface area contributed by atoms with E-state index < -0.39 is 28.2 Å². The smallest absolute Gasteiger partial charge is 0.391 e. The summed E-state index contributed by atoms with van der Waals surface area (Å²) in [6.07, 6.45) is -4.00. The average molecular weight is 430 g/mol. The maximum Gasteiger partial charge on any atom is 0.391 e. The molecule has 2 rings (SSSR count). The molecule has 0 unspecified atom stereocenters. The van der Waals surface area contributed by atoms with Crippen LogP contribution in [0.15, 0.2) is 27.6 Å². The molecule has 9 heteroatoms. The van der Waals surface area contributed by atoms with E-state index in [-0.39, 0.29) is 36.3 Å². The average Bonchev–Trinajstić information content (AvgIpc) is 2.48. The van der Waals surface area contributed by atoms with Crippen molar-refractivity contribution in [1.29, 1.82) is 0 Å². The molecule has 1 aliphatic rings. The van der Waals surface area contributed by atoms with Crippen molar-refractivity contribution >= 4 is 26.0 Å². The van der Waals surface area contributed by atoms with Crippen molar-refractivity contribution in [1.82, 2.24) is 4.72 Å². The maximum absolute atomic E-state index is 12.7. The molecule has 1 fully saturated rings. The Balaban J connectivity index is 2.11. The Morgan fingerprint density at radius 2 is 1.88 bits per heavy atom. The number of hydrogen-bond donors (Lipinski definition) is 1. The van der Waals surface area contributed by atoms with E-state index in [0.29, 0.717) is 11.1 Å². The Labute approximate surface area is 147 Å². The second kappa shape index (κ2) is 7.61. The van der Waals surface area contributed by atoms with Crippen molar-refractivity contribution < 1.29 is 26.3 Å². The monoisotopic (exact) mass is 429 g/mol. The van der Waals surface area contributed by atoms with Gasteiger partial charge in [-0.05, 0) is 50.8 Å². The van der Waals surface area contributed by atoms with Crippen LogP contribution >= 0.6 is 15.9 Å². The van der Waals surface area contributed by atoms with Gasteiger partial charge in [-0.25, -0.2) is 13.1 Å². The van der Waals surface area contributed by atoms with Gasteiger partial charge >= 0.3 is 6.18 Å². The van der Waals surface area contributed by atoms with Gasteiger partial charge in [0.05, 0.1) is 12.5 Å². The first kappa shape index (κ1) is 19.5. The molecule has 0 saturated heterocycles. The minimum absolute atomic E-state index is 0.0170. The third kappa shape index (κ3) is 4.86. The van der Waals surface area contributed by atoms with Gasteiger partial charge < -0.3 is 4.74 Å². The van der Waals surface area contributed by atoms with Crippen molar-refractivity contribution in [3.05, 3.63) is 22.7 Å². The molecule has 0 atom stereocenters. The summed E-state index contributed by atoms with van der Waals surface area (Å²) >= 11 is 3.22. The van der Waals surface area contributed by atoms with Crippen LogP contribution < -0.4 is 9.46 Å². The highest BCUT2D eigenvalue weighted by molar-refractivity contribution is 9.10. The normalized spacial score (nSPS) is 22.4. The fourth-order valence-electron chi connectivity index (χ4n) is 2.79. The lowest BCUT2D eigenvalue weighted by Gasteiger charge is -2.30. The number of sulfonamides is 1. The zero-order valence-electron chi connectivity index (χ0n) is 13.1. The summed E-state index contributed by atoms with van der Waals surface area (Å²) in [6.45, 7) is 2.05. The molecule has 0 bridgehead atoms. The molecule has 4 nitrogen and oxygen atoms in total. The number of hydrogen-bond acceptors (Lipinski definition) is 3. The molecule has 0 radical (unpaired) electrons. The molecular weight excluding hydrogens is 411 g/mol. The number of benzene rings is 1. The summed E-state index contributed by atoms with van der Waals surface area (Å²) < 4.78 is 71.7. The molecule has 0 spiro atoms. The van der Waals surface area contributed by atoms with Crippen molar-refractivity contribution in [2.24, 2.45) is 5.92 Å². The van der Waals surface area contributed by atoms with E-state index in [1.165, 1.54) is 6.07 Å². The number of ether oxygens (including phenoxy) is 1. The fraction of sp³-hybridized carbons (Fsp3) is 0.600. The van der Waals surface area contributed by atoms with Crippen LogP contribution in [0.1, 0.15) is 32.6 Å². The molecule has 1 aromatic carbocycles. The van der Waals surface area contributed by atoms with Crippen molar-refractivity contribution in [3.63, 3.8) is 0 Å². The molecule has 0 heterocycles. The lowest BCUT2D eigenvalue weighted by Crippen LogP contribution is -2.40. The molecule has 0 aliphatic heterocycles. The van der Waals surface area contributed by atoms with E-state index in [2.05, 4.69) is 20.7 Å². The van der Waals surface area contributed by atoms with E-state index in [0.717, 1.165) is 0 Å². The Kier molecular flexibility index (Phi) is 6.19. The van der Waals surface area contributed by atoms with Crippen molar-refractivity contribution in [2.45, 2.75) is 49.7 Å². The zero-order chi connectivity index (χ0) is 18.0. The predicted octanol–water partition coefficient (Wildman–Crippen LogP) is 4.25. The quantitative estimate of drug-likeness (QED) is 0.760. The van der Waals surface area contributed by atoms with E-state index >= 15 is 0 Å². The molecule has 1 N–H and O–H groups in total. The third-order valence-corrected chi connectivity index (χ3v) is 6.04. The van der Waals surface area contributed by atoms with Crippen LogP contribution in [-0.4, -0.2) is 27.2 Å². The van der Waals surface area contributed by atoms with Gasteiger partial charge in [0.2, 0.25) is 10.0 Å². The standard InChI is InChI=1S/C15H19BrF3NO3S/c1-2-23-13-8-5-11(16)9-14(13)24(21,22)20-12-6-3-10(4-7-12)15(17,18)19/h5,8-10,12,20H,2-4,6-7H2,1H3. The molecule has 24 heavy (non-hydrogen) atoms. The molecule has 136 valence electrons. The SMILES string of the molecule is CCOc1ccc(Br)cc1S(=O)(=O)NC1CCC(C(F)(F)F)CC1. The van der Waals surface area contributed by atoms with Crippen LogP contribution in [0.5, 0.6) is 5.75 Å². The number of halogens is 4. The highest BCUT2D eigenvalue weighted by Gasteiger charge is 2.42. The van der Waals surface area contributed by atoms with E-state index in [9.17, 15) is 21.6 Å². The summed E-state index contributed by atoms with van der Waals surface area (Å²) in [5, 5.41) is 0. The summed E-state index contributed by atoms with van der Waals surface area (Å²) in [5.74, 6) is -1.12. The van der Waals surface area contributed by atoms with Gasteiger partial charge in [-0.1, -0.05) is 15.9 Å². The zero-order valence-corrected chi connectivity index (χ0v) is 15.5. The van der Waals surface area contributed by atoms with Gasteiger partial charge in [-0.15, -0.1) is 0 Å². The van der Waals surface area contributed by atoms with Crippen molar-refractivity contribution in [3.8, 4) is 5.75 Å². The summed E-state index contributed by atoms with van der Waals surface area (Å²) in [7, 11) is -3.87. The Bertz CT molecular complexity index is 671. The summed E-state index contributed by atoms with van der Waals surface area (Å²) in [4.78, 5) is -0.0170. The van der Waals surface area contributed by atoms with Gasteiger partial charge in [0.1, 0.15) is 10.6 Å². The van der Waals surface area contributed by atoms with Crippen LogP contribution in [0.3, 0.4) is 0 Å². The number of nitrogens with one attached hydrogen (secondary N) is 1. The Morgan fingerprint density at radius 3 is 2.42 bits per heavy atom. The topological polar surface area (TPSA) is 55.4 Å². The Morgan fingerprint density at radius 1 is 1.25 bits per heavy atom. The lowest BCUT2D eigenvalue weighted by atomic mass is 9.86. The van der Waals surface area contributed by atoms with Crippen LogP contribution in [0.4, 0.5) is 13.2 Å². The van der Waals surface area contributed by atoms with Crippen LogP contribution in [0, 0.1) is 5.92 Å². The minimum atomic E-state index is -4.21. The first-order chi connectivity index (χ1) is 11.1. The molecule has 1 aliphatic carbocycles. The Hall–Kier alpha value is -0.800. The molecule has 1 saturated carbocycles. The van der Waals surface area contributed by atoms with Gasteiger partial charge in [0.25, 0.3) is 0 Å². The van der Waals surface area contributed by atoms with Crippen LogP contribution in [0.2, 0.25) is 0 Å². The van der Waals surface area contributed by atoms with Gasteiger partial charge in [-0.3, -0.25) is 0 Å². The van der Waals surface area contributed by atoms with Gasteiger partial charge in [0, 0.05) is 10.5 Å². The molecular formula is C15H19BrF3NO3S. The highest BCUT2D eigenvalue weighted by Crippen LogP contribution is 2.38. The van der Waals surface area contributed by atoms with Crippen LogP contribution in [-0.2, 0) is 10.0 Å². The van der Waals surface area contributed by atoms with E-state index in [4.69, 9.17) is 4.74 Å². The van der Waals surface area contributed by atoms with Crippen LogP contribution in [0.25, 0.3) is 0 Å². The first-order valence-electron chi connectivity index (χ1n) is 7.65. The predicted molar refractivity (Wildman–Crippen MR) is 87.4 cm³/mol. The summed E-state index contributed by atoms with van der Waals surface area (Å²) in [5.41, 5.74) is 0. The maximum atomic E-state index is 12.7. The third-order valence-electron chi connectivity index (χ3n) is 4.01. The summed E-state index contributed by atoms with van der Waals surface area (Å²) in [6, 6.07) is 4.14. The number of alkyl halides is 3. The van der Waals surface area contributed by atoms with E-state index in [1.807, 2.05) is 0 Å². The number of rotatable bonds is 5. The lowest BCUT2D eigenvalue weighted by molar-refractivity contribution is -0.182. The van der Waals surface area contributed by atoms with Gasteiger partial charge in [0.15, 0.2) is 0 Å². The minimum Gasteiger partial charge on any atom is -0.492 e. The largest absolute Gasteiger partial charge is 0.492 e. The van der Waals surface area contributed by atoms with E-state index in [1.54, 1.807) is 19.1 Å². The fourth-order valence-corrected chi connectivity index (χ4v) is 4.78. The highest BCUT2D eigenvalue weighted by atomic mass is 79.9. The first-order valence-corrected chi connectivity index (χ1v) is 9.92. The second-order valence-corrected chi connectivity index (χ2v) is 8.33. The second-order valence-electron chi connectivity index (χ2n) is 5.74. The molecule has 1 aromatic rings.